The lowest BCUT2D eigenvalue weighted by molar-refractivity contribution is 0.0232. The zero-order valence-electron chi connectivity index (χ0n) is 13.1. The van der Waals surface area contributed by atoms with Gasteiger partial charge in [0.15, 0.2) is 0 Å². The highest BCUT2D eigenvalue weighted by Crippen LogP contribution is 2.24. The summed E-state index contributed by atoms with van der Waals surface area (Å²) in [6.45, 7) is 4.22. The van der Waals surface area contributed by atoms with Crippen molar-refractivity contribution >= 4 is 35.1 Å². The minimum Gasteiger partial charge on any atom is -0.378 e. The Bertz CT molecular complexity index is 505. The fourth-order valence-corrected chi connectivity index (χ4v) is 3.40. The molecule has 0 radical (unpaired) electrons. The maximum Gasteiger partial charge on any atom is 0.321 e. The first-order valence-electron chi connectivity index (χ1n) is 7.59. The number of hydrogen-bond acceptors (Lipinski definition) is 3. The molecule has 4 nitrogen and oxygen atoms in total. The average Bonchev–Trinajstić information content (AvgIpc) is 2.52. The second kappa shape index (κ2) is 8.65. The van der Waals surface area contributed by atoms with E-state index in [-0.39, 0.29) is 12.1 Å². The van der Waals surface area contributed by atoms with E-state index >= 15 is 0 Å². The van der Waals surface area contributed by atoms with Gasteiger partial charge in [-0.15, -0.1) is 0 Å². The fourth-order valence-electron chi connectivity index (χ4n) is 2.58. The van der Waals surface area contributed by atoms with Crippen molar-refractivity contribution in [1.82, 2.24) is 4.90 Å². The minimum absolute atomic E-state index is 0.0487. The van der Waals surface area contributed by atoms with Crippen LogP contribution in [0.5, 0.6) is 0 Å². The monoisotopic (exact) mass is 342 g/mol. The SMILES string of the molecule is CCOC1CCN(C(=O)Nc2ccc(Cl)c(CSC)c2)CC1. The number of hydrogen-bond donors (Lipinski definition) is 1. The molecule has 1 N–H and O–H groups in total. The van der Waals surface area contributed by atoms with Crippen LogP contribution in [-0.4, -0.2) is 43.0 Å². The molecule has 0 spiro atoms. The molecule has 0 aliphatic carbocycles. The quantitative estimate of drug-likeness (QED) is 0.870. The van der Waals surface area contributed by atoms with E-state index in [4.69, 9.17) is 16.3 Å². The van der Waals surface area contributed by atoms with E-state index in [1.54, 1.807) is 11.8 Å². The van der Waals surface area contributed by atoms with E-state index in [0.29, 0.717) is 0 Å². The van der Waals surface area contributed by atoms with Gasteiger partial charge in [-0.05, 0) is 49.8 Å². The zero-order chi connectivity index (χ0) is 15.9. The third kappa shape index (κ3) is 4.80. The standard InChI is InChI=1S/C16H23ClN2O2S/c1-3-21-14-6-8-19(9-7-14)16(20)18-13-4-5-15(17)12(10-13)11-22-2/h4-5,10,14H,3,6-9,11H2,1-2H3,(H,18,20). The second-order valence-corrected chi connectivity index (χ2v) is 6.58. The summed E-state index contributed by atoms with van der Waals surface area (Å²) >= 11 is 7.86. The molecule has 0 unspecified atom stereocenters. The Kier molecular flexibility index (Phi) is 6.86. The topological polar surface area (TPSA) is 41.6 Å². The molecule has 1 saturated heterocycles. The molecule has 1 aromatic rings. The number of nitrogens with zero attached hydrogens (tertiary/aromatic N) is 1. The van der Waals surface area contributed by atoms with Crippen LogP contribution >= 0.6 is 23.4 Å². The predicted molar refractivity (Wildman–Crippen MR) is 93.9 cm³/mol. The van der Waals surface area contributed by atoms with Gasteiger partial charge in [0.1, 0.15) is 0 Å². The Balaban J connectivity index is 1.91. The van der Waals surface area contributed by atoms with Crippen LogP contribution in [0.15, 0.2) is 18.2 Å². The molecule has 1 aliphatic heterocycles. The molecule has 6 heteroatoms. The van der Waals surface area contributed by atoms with E-state index in [0.717, 1.165) is 54.6 Å². The summed E-state index contributed by atoms with van der Waals surface area (Å²) in [7, 11) is 0. The van der Waals surface area contributed by atoms with Crippen molar-refractivity contribution in [3.8, 4) is 0 Å². The van der Waals surface area contributed by atoms with Gasteiger partial charge in [-0.3, -0.25) is 0 Å². The van der Waals surface area contributed by atoms with Crippen LogP contribution in [0.3, 0.4) is 0 Å². The molecule has 0 bridgehead atoms. The Labute approximate surface area is 141 Å². The molecule has 0 saturated carbocycles. The molecule has 0 atom stereocenters. The van der Waals surface area contributed by atoms with Crippen LogP contribution in [0, 0.1) is 0 Å². The molecule has 122 valence electrons. The van der Waals surface area contributed by atoms with Crippen molar-refractivity contribution < 1.29 is 9.53 Å². The molecule has 1 fully saturated rings. The van der Waals surface area contributed by atoms with Crippen LogP contribution in [0.2, 0.25) is 5.02 Å². The third-order valence-electron chi connectivity index (χ3n) is 3.73. The largest absolute Gasteiger partial charge is 0.378 e. The third-order valence-corrected chi connectivity index (χ3v) is 4.70. The second-order valence-electron chi connectivity index (χ2n) is 5.31. The summed E-state index contributed by atoms with van der Waals surface area (Å²) in [5.74, 6) is 0.836. The number of thioether (sulfide) groups is 1. The van der Waals surface area contributed by atoms with E-state index in [1.165, 1.54) is 0 Å². The zero-order valence-corrected chi connectivity index (χ0v) is 14.7. The molecule has 1 aliphatic rings. The number of piperidine rings is 1. The van der Waals surface area contributed by atoms with Gasteiger partial charge in [-0.25, -0.2) is 4.79 Å². The van der Waals surface area contributed by atoms with Crippen molar-refractivity contribution in [1.29, 1.82) is 0 Å². The number of carbonyl (C=O) groups is 1. The number of rotatable bonds is 5. The van der Waals surface area contributed by atoms with Crippen LogP contribution in [-0.2, 0) is 10.5 Å². The highest BCUT2D eigenvalue weighted by atomic mass is 35.5. The van der Waals surface area contributed by atoms with Gasteiger partial charge < -0.3 is 15.0 Å². The maximum absolute atomic E-state index is 12.3. The first kappa shape index (κ1) is 17.4. The summed E-state index contributed by atoms with van der Waals surface area (Å²) in [5, 5.41) is 3.70. The normalized spacial score (nSPS) is 15.9. The van der Waals surface area contributed by atoms with Gasteiger partial charge in [0.2, 0.25) is 0 Å². The Morgan fingerprint density at radius 3 is 2.82 bits per heavy atom. The van der Waals surface area contributed by atoms with Gasteiger partial charge in [-0.1, -0.05) is 11.6 Å². The molecule has 2 rings (SSSR count). The van der Waals surface area contributed by atoms with E-state index in [1.807, 2.05) is 36.3 Å². The van der Waals surface area contributed by atoms with Crippen LogP contribution in [0.4, 0.5) is 10.5 Å². The van der Waals surface area contributed by atoms with Gasteiger partial charge in [0.25, 0.3) is 0 Å². The van der Waals surface area contributed by atoms with E-state index in [9.17, 15) is 4.79 Å². The number of nitrogens with one attached hydrogen (secondary N) is 1. The van der Waals surface area contributed by atoms with Crippen LogP contribution in [0.25, 0.3) is 0 Å². The first-order chi connectivity index (χ1) is 10.6. The number of urea groups is 1. The van der Waals surface area contributed by atoms with Crippen molar-refractivity contribution in [2.45, 2.75) is 31.6 Å². The smallest absolute Gasteiger partial charge is 0.321 e. The summed E-state index contributed by atoms with van der Waals surface area (Å²) in [6.07, 6.45) is 4.13. The lowest BCUT2D eigenvalue weighted by atomic mass is 10.1. The van der Waals surface area contributed by atoms with Gasteiger partial charge in [0.05, 0.1) is 6.10 Å². The summed E-state index contributed by atoms with van der Waals surface area (Å²) in [4.78, 5) is 14.2. The summed E-state index contributed by atoms with van der Waals surface area (Å²) < 4.78 is 5.61. The summed E-state index contributed by atoms with van der Waals surface area (Å²) in [6, 6.07) is 5.58. The lowest BCUT2D eigenvalue weighted by Crippen LogP contribution is -2.43. The number of halogens is 1. The molecular formula is C16H23ClN2O2S. The highest BCUT2D eigenvalue weighted by Gasteiger charge is 2.23. The minimum atomic E-state index is -0.0487. The van der Waals surface area contributed by atoms with Gasteiger partial charge >= 0.3 is 6.03 Å². The molecule has 1 aromatic carbocycles. The Morgan fingerprint density at radius 2 is 2.18 bits per heavy atom. The Morgan fingerprint density at radius 1 is 1.45 bits per heavy atom. The number of carbonyl (C=O) groups excluding carboxylic acids is 1. The van der Waals surface area contributed by atoms with Crippen LogP contribution < -0.4 is 5.32 Å². The number of ether oxygens (including phenoxy) is 1. The maximum atomic E-state index is 12.3. The van der Waals surface area contributed by atoms with Gasteiger partial charge in [-0.2, -0.15) is 11.8 Å². The Hall–Kier alpha value is -0.910. The number of amides is 2. The van der Waals surface area contributed by atoms with Crippen molar-refractivity contribution in [3.05, 3.63) is 28.8 Å². The number of benzene rings is 1. The lowest BCUT2D eigenvalue weighted by Gasteiger charge is -2.31. The molecule has 1 heterocycles. The van der Waals surface area contributed by atoms with Crippen LogP contribution in [0.1, 0.15) is 25.3 Å². The predicted octanol–water partition coefficient (Wildman–Crippen LogP) is 4.24. The molecule has 0 aromatic heterocycles. The van der Waals surface area contributed by atoms with Gasteiger partial charge in [0, 0.05) is 36.2 Å². The van der Waals surface area contributed by atoms with Crippen molar-refractivity contribution in [2.75, 3.05) is 31.3 Å². The van der Waals surface area contributed by atoms with Crippen molar-refractivity contribution in [2.24, 2.45) is 0 Å². The first-order valence-corrected chi connectivity index (χ1v) is 9.36. The number of anilines is 1. The summed E-state index contributed by atoms with van der Waals surface area (Å²) in [5.41, 5.74) is 1.84. The molecular weight excluding hydrogens is 320 g/mol. The molecule has 22 heavy (non-hydrogen) atoms. The van der Waals surface area contributed by atoms with E-state index < -0.39 is 0 Å². The van der Waals surface area contributed by atoms with Crippen molar-refractivity contribution in [3.63, 3.8) is 0 Å². The number of likely N-dealkylation sites (tertiary alicyclic amines) is 1. The van der Waals surface area contributed by atoms with E-state index in [2.05, 4.69) is 5.32 Å². The molecule has 2 amide bonds. The average molecular weight is 343 g/mol. The fraction of sp³-hybridized carbons (Fsp3) is 0.562. The highest BCUT2D eigenvalue weighted by molar-refractivity contribution is 7.97.